The Morgan fingerprint density at radius 2 is 2.18 bits per heavy atom. The molecule has 148 valence electrons. The van der Waals surface area contributed by atoms with Crippen LogP contribution in [0.1, 0.15) is 42.3 Å². The lowest BCUT2D eigenvalue weighted by Crippen LogP contribution is -2.34. The van der Waals surface area contributed by atoms with E-state index in [1.165, 1.54) is 17.7 Å². The summed E-state index contributed by atoms with van der Waals surface area (Å²) in [4.78, 5) is 31.9. The fraction of sp³-hybridized carbons (Fsp3) is 0.471. The number of Topliss-reactive ketones (excluding diaryl/α,β-unsaturated/α-hetero) is 1. The molecule has 0 spiro atoms. The molecule has 2 atom stereocenters. The van der Waals surface area contributed by atoms with Crippen molar-refractivity contribution in [3.05, 3.63) is 29.3 Å². The predicted molar refractivity (Wildman–Crippen MR) is 109 cm³/mol. The van der Waals surface area contributed by atoms with Gasteiger partial charge in [0.15, 0.2) is 10.9 Å². The Morgan fingerprint density at radius 3 is 2.93 bits per heavy atom. The third-order valence-corrected chi connectivity index (χ3v) is 5.68. The zero-order chi connectivity index (χ0) is 19.9. The van der Waals surface area contributed by atoms with E-state index in [4.69, 9.17) is 18.0 Å². The number of aromatic nitrogens is 4. The zero-order valence-electron chi connectivity index (χ0n) is 15.1. The second-order valence-corrected chi connectivity index (χ2v) is 8.16. The minimum atomic E-state index is -0.193. The van der Waals surface area contributed by atoms with Crippen molar-refractivity contribution in [2.45, 2.75) is 38.0 Å². The number of hydrogen-bond donors (Lipinski definition) is 3. The van der Waals surface area contributed by atoms with E-state index >= 15 is 0 Å². The van der Waals surface area contributed by atoms with Crippen LogP contribution in [0.4, 0.5) is 5.13 Å². The van der Waals surface area contributed by atoms with E-state index < -0.39 is 0 Å². The molecule has 11 heteroatoms. The highest BCUT2D eigenvalue weighted by atomic mass is 32.1. The van der Waals surface area contributed by atoms with Gasteiger partial charge in [-0.2, -0.15) is 0 Å². The third kappa shape index (κ3) is 5.99. The Morgan fingerprint density at radius 1 is 1.32 bits per heavy atom. The van der Waals surface area contributed by atoms with Crippen molar-refractivity contribution in [2.75, 3.05) is 11.9 Å². The minimum absolute atomic E-state index is 0.105. The fourth-order valence-electron chi connectivity index (χ4n) is 3.27. The van der Waals surface area contributed by atoms with Crippen molar-refractivity contribution in [2.24, 2.45) is 11.7 Å². The van der Waals surface area contributed by atoms with Crippen LogP contribution in [0.2, 0.25) is 0 Å². The van der Waals surface area contributed by atoms with Crippen molar-refractivity contribution in [1.29, 1.82) is 0 Å². The van der Waals surface area contributed by atoms with Crippen LogP contribution in [-0.2, 0) is 16.0 Å². The van der Waals surface area contributed by atoms with Crippen molar-refractivity contribution >= 4 is 45.5 Å². The van der Waals surface area contributed by atoms with Gasteiger partial charge in [-0.15, -0.1) is 10.2 Å². The first kappa shape index (κ1) is 20.2. The van der Waals surface area contributed by atoms with E-state index in [-0.39, 0.29) is 35.7 Å². The van der Waals surface area contributed by atoms with Crippen molar-refractivity contribution in [3.8, 4) is 0 Å². The molecule has 1 amide bonds. The normalized spacial score (nSPS) is 18.6. The molecule has 9 nitrogen and oxygen atoms in total. The third-order valence-electron chi connectivity index (χ3n) is 4.54. The monoisotopic (exact) mass is 419 g/mol. The topological polar surface area (TPSA) is 136 Å². The number of nitrogens with one attached hydrogen (secondary N) is 2. The number of nitrogens with zero attached hydrogens (tertiary/aromatic N) is 4. The number of hydrogen-bond acceptors (Lipinski definition) is 8. The van der Waals surface area contributed by atoms with Crippen molar-refractivity contribution < 1.29 is 9.59 Å². The summed E-state index contributed by atoms with van der Waals surface area (Å²) in [6, 6.07) is 1.70. The second-order valence-electron chi connectivity index (χ2n) is 6.71. The van der Waals surface area contributed by atoms with Crippen LogP contribution in [0.25, 0.3) is 0 Å². The van der Waals surface area contributed by atoms with Gasteiger partial charge in [0.1, 0.15) is 11.3 Å². The molecule has 2 heterocycles. The number of carbonyl (C=O) groups excluding carboxylic acids is 2. The number of anilines is 1. The van der Waals surface area contributed by atoms with Crippen LogP contribution in [0.5, 0.6) is 0 Å². The summed E-state index contributed by atoms with van der Waals surface area (Å²) < 4.78 is 0. The molecular weight excluding hydrogens is 398 g/mol. The summed E-state index contributed by atoms with van der Waals surface area (Å²) in [5.41, 5.74) is 5.99. The SMILES string of the molecule is NC(=S)NCC(=O)C[C@@H]1CC[C@H](c2nnc(NC(=O)Cc3ccncn3)s2)C1. The maximum Gasteiger partial charge on any atom is 0.232 e. The van der Waals surface area contributed by atoms with Gasteiger partial charge in [0.25, 0.3) is 0 Å². The minimum Gasteiger partial charge on any atom is -0.376 e. The largest absolute Gasteiger partial charge is 0.376 e. The van der Waals surface area contributed by atoms with E-state index in [9.17, 15) is 9.59 Å². The van der Waals surface area contributed by atoms with Gasteiger partial charge in [0, 0.05) is 18.5 Å². The molecule has 0 aromatic carbocycles. The van der Waals surface area contributed by atoms with Crippen LogP contribution in [0.3, 0.4) is 0 Å². The molecule has 3 rings (SSSR count). The van der Waals surface area contributed by atoms with Gasteiger partial charge >= 0.3 is 0 Å². The van der Waals surface area contributed by atoms with Gasteiger partial charge in [-0.3, -0.25) is 9.59 Å². The molecule has 2 aromatic heterocycles. The molecule has 0 aliphatic heterocycles. The molecule has 28 heavy (non-hydrogen) atoms. The molecule has 1 saturated carbocycles. The number of carbonyl (C=O) groups is 2. The van der Waals surface area contributed by atoms with E-state index in [1.54, 1.807) is 12.3 Å². The number of thiocarbonyl (C=S) groups is 1. The number of ketones is 1. The fourth-order valence-corrected chi connectivity index (χ4v) is 4.24. The lowest BCUT2D eigenvalue weighted by Gasteiger charge is -2.09. The molecule has 1 aliphatic carbocycles. The quantitative estimate of drug-likeness (QED) is 0.539. The van der Waals surface area contributed by atoms with Gasteiger partial charge < -0.3 is 16.4 Å². The van der Waals surface area contributed by atoms with Gasteiger partial charge in [-0.25, -0.2) is 9.97 Å². The Bertz CT molecular complexity index is 843. The Kier molecular flexibility index (Phi) is 6.93. The lowest BCUT2D eigenvalue weighted by atomic mass is 9.99. The average molecular weight is 420 g/mol. The molecule has 4 N–H and O–H groups in total. The highest BCUT2D eigenvalue weighted by molar-refractivity contribution is 7.80. The molecule has 0 radical (unpaired) electrons. The van der Waals surface area contributed by atoms with E-state index in [0.29, 0.717) is 23.2 Å². The zero-order valence-corrected chi connectivity index (χ0v) is 16.8. The first-order valence-corrected chi connectivity index (χ1v) is 10.1. The summed E-state index contributed by atoms with van der Waals surface area (Å²) >= 11 is 6.10. The maximum absolute atomic E-state index is 12.1. The number of rotatable bonds is 8. The van der Waals surface area contributed by atoms with Crippen molar-refractivity contribution in [3.63, 3.8) is 0 Å². The van der Waals surface area contributed by atoms with E-state index in [0.717, 1.165) is 24.3 Å². The van der Waals surface area contributed by atoms with Crippen LogP contribution in [-0.4, -0.2) is 43.5 Å². The Labute approximate surface area is 171 Å². The van der Waals surface area contributed by atoms with Gasteiger partial charge in [-0.1, -0.05) is 11.3 Å². The highest BCUT2D eigenvalue weighted by Gasteiger charge is 2.30. The standard InChI is InChI=1S/C17H21N7O2S2/c18-16(27)20-8-13(25)6-10-1-2-11(5-10)15-23-24-17(28-15)22-14(26)7-12-3-4-19-9-21-12/h3-4,9-11H,1-2,5-8H2,(H3,18,20,27)(H,22,24,26)/t10-,11+/m1/s1. The van der Waals surface area contributed by atoms with Crippen LogP contribution < -0.4 is 16.4 Å². The molecule has 0 bridgehead atoms. The van der Waals surface area contributed by atoms with Crippen LogP contribution >= 0.6 is 23.6 Å². The molecule has 1 fully saturated rings. The lowest BCUT2D eigenvalue weighted by molar-refractivity contribution is -0.119. The first-order chi connectivity index (χ1) is 13.5. The number of nitrogens with two attached hydrogens (primary N) is 1. The first-order valence-electron chi connectivity index (χ1n) is 8.92. The Hall–Kier alpha value is -2.53. The Balaban J connectivity index is 1.47. The second kappa shape index (κ2) is 9.60. The van der Waals surface area contributed by atoms with Gasteiger partial charge in [-0.05, 0) is 43.5 Å². The van der Waals surface area contributed by atoms with Crippen LogP contribution in [0.15, 0.2) is 18.6 Å². The van der Waals surface area contributed by atoms with Gasteiger partial charge in [0.2, 0.25) is 11.0 Å². The van der Waals surface area contributed by atoms with Crippen molar-refractivity contribution in [1.82, 2.24) is 25.5 Å². The average Bonchev–Trinajstić information content (AvgIpc) is 3.30. The molecule has 1 aliphatic rings. The smallest absolute Gasteiger partial charge is 0.232 e. The molecule has 2 aromatic rings. The summed E-state index contributed by atoms with van der Waals surface area (Å²) in [7, 11) is 0. The summed E-state index contributed by atoms with van der Waals surface area (Å²) in [6.07, 6.45) is 6.50. The highest BCUT2D eigenvalue weighted by Crippen LogP contribution is 2.41. The molecule has 0 saturated heterocycles. The predicted octanol–water partition coefficient (Wildman–Crippen LogP) is 1.19. The van der Waals surface area contributed by atoms with E-state index in [2.05, 4.69) is 30.8 Å². The summed E-state index contributed by atoms with van der Waals surface area (Å²) in [5.74, 6) is 0.506. The molecular formula is C17H21N7O2S2. The van der Waals surface area contributed by atoms with E-state index in [1.807, 2.05) is 0 Å². The van der Waals surface area contributed by atoms with Crippen LogP contribution in [0, 0.1) is 5.92 Å². The number of amides is 1. The maximum atomic E-state index is 12.1. The molecule has 0 unspecified atom stereocenters. The summed E-state index contributed by atoms with van der Waals surface area (Å²) in [5, 5.41) is 15.3. The van der Waals surface area contributed by atoms with Gasteiger partial charge in [0.05, 0.1) is 18.7 Å². The summed E-state index contributed by atoms with van der Waals surface area (Å²) in [6.45, 7) is 0.178.